The third kappa shape index (κ3) is 6.24. The zero-order chi connectivity index (χ0) is 40.3. The molecule has 3 unspecified atom stereocenters. The summed E-state index contributed by atoms with van der Waals surface area (Å²) < 4.78 is 9.36. The van der Waals surface area contributed by atoms with Crippen LogP contribution in [-0.2, 0) is 0 Å². The van der Waals surface area contributed by atoms with E-state index in [0.29, 0.717) is 5.92 Å². The minimum atomic E-state index is -0.266. The highest BCUT2D eigenvalue weighted by molar-refractivity contribution is 6.00. The Labute approximate surface area is 356 Å². The summed E-state index contributed by atoms with van der Waals surface area (Å²) in [5.41, 5.74) is 13.2. The minimum Gasteiger partial charge on any atom is -0.453 e. The van der Waals surface area contributed by atoms with Gasteiger partial charge < -0.3 is 19.5 Å². The van der Waals surface area contributed by atoms with E-state index >= 15 is 0 Å². The van der Waals surface area contributed by atoms with Crippen LogP contribution in [0.3, 0.4) is 0 Å². The Kier molecular flexibility index (Phi) is 8.84. The Morgan fingerprint density at radius 3 is 2.34 bits per heavy atom. The second-order valence-corrected chi connectivity index (χ2v) is 16.9. The van der Waals surface area contributed by atoms with Gasteiger partial charge in [-0.3, -0.25) is 5.32 Å². The van der Waals surface area contributed by atoms with Crippen LogP contribution < -0.4 is 30.8 Å². The van der Waals surface area contributed by atoms with Crippen molar-refractivity contribution in [3.05, 3.63) is 203 Å². The molecule has 6 heteroatoms. The Hall–Kier alpha value is -6.89. The molecular weight excluding hydrogens is 747 g/mol. The molecule has 0 bridgehead atoms. The van der Waals surface area contributed by atoms with Gasteiger partial charge in [0.15, 0.2) is 5.75 Å². The van der Waals surface area contributed by atoms with Crippen LogP contribution in [0.15, 0.2) is 180 Å². The van der Waals surface area contributed by atoms with Crippen molar-refractivity contribution < 1.29 is 4.74 Å². The number of hydrogen-bond donors (Lipinski definition) is 2. The van der Waals surface area contributed by atoms with Crippen LogP contribution in [0.1, 0.15) is 74.0 Å². The number of aromatic nitrogens is 1. The quantitative estimate of drug-likeness (QED) is 0.176. The molecule has 0 amide bonds. The number of benzene rings is 6. The molecule has 3 aliphatic carbocycles. The first-order valence-electron chi connectivity index (χ1n) is 22.0. The van der Waals surface area contributed by atoms with Crippen molar-refractivity contribution in [3.8, 4) is 22.6 Å². The fourth-order valence-electron chi connectivity index (χ4n) is 10.5. The van der Waals surface area contributed by atoms with E-state index in [1.165, 1.54) is 64.0 Å². The number of ether oxygens (including phenoxy) is 1. The van der Waals surface area contributed by atoms with Gasteiger partial charge in [0.05, 0.1) is 22.3 Å². The number of para-hydroxylation sites is 2. The lowest BCUT2D eigenvalue weighted by molar-refractivity contribution is 0.409. The van der Waals surface area contributed by atoms with Crippen molar-refractivity contribution in [2.24, 2.45) is 10.9 Å². The van der Waals surface area contributed by atoms with Gasteiger partial charge in [0.2, 0.25) is 0 Å². The molecule has 0 spiro atoms. The summed E-state index contributed by atoms with van der Waals surface area (Å²) in [7, 11) is 0. The molecule has 0 saturated heterocycles. The van der Waals surface area contributed by atoms with E-state index in [1.807, 2.05) is 0 Å². The van der Waals surface area contributed by atoms with Gasteiger partial charge in [0, 0.05) is 33.1 Å². The molecule has 3 atom stereocenters. The summed E-state index contributed by atoms with van der Waals surface area (Å²) in [6.45, 7) is 0. The maximum Gasteiger partial charge on any atom is 0.152 e. The van der Waals surface area contributed by atoms with Crippen molar-refractivity contribution >= 4 is 39.8 Å². The van der Waals surface area contributed by atoms with Crippen molar-refractivity contribution in [2.75, 3.05) is 4.90 Å². The maximum absolute atomic E-state index is 6.80. The van der Waals surface area contributed by atoms with E-state index in [0.717, 1.165) is 70.4 Å². The lowest BCUT2D eigenvalue weighted by Gasteiger charge is -2.36. The molecule has 298 valence electrons. The summed E-state index contributed by atoms with van der Waals surface area (Å²) in [5.74, 6) is 3.30. The highest BCUT2D eigenvalue weighted by atomic mass is 16.5. The van der Waals surface area contributed by atoms with Crippen LogP contribution in [0.25, 0.3) is 39.4 Å². The normalized spacial score (nSPS) is 20.4. The predicted octanol–water partition coefficient (Wildman–Crippen LogP) is 11.3. The van der Waals surface area contributed by atoms with Crippen LogP contribution in [0, 0.1) is 5.92 Å². The first-order chi connectivity index (χ1) is 30.2. The van der Waals surface area contributed by atoms with Crippen LogP contribution in [0.5, 0.6) is 5.75 Å². The number of amidine groups is 1. The zero-order valence-electron chi connectivity index (χ0n) is 34.1. The minimum absolute atomic E-state index is 0.109. The summed E-state index contributed by atoms with van der Waals surface area (Å²) in [4.78, 5) is 7.73. The molecule has 2 N–H and O–H groups in total. The molecule has 5 aliphatic rings. The maximum atomic E-state index is 6.80. The zero-order valence-corrected chi connectivity index (χ0v) is 34.1. The van der Waals surface area contributed by atoms with Crippen LogP contribution in [0.2, 0.25) is 0 Å². The second kappa shape index (κ2) is 15.0. The summed E-state index contributed by atoms with van der Waals surface area (Å²) >= 11 is 0. The van der Waals surface area contributed by atoms with Gasteiger partial charge in [0.1, 0.15) is 23.9 Å². The highest BCUT2D eigenvalue weighted by Crippen LogP contribution is 2.47. The lowest BCUT2D eigenvalue weighted by atomic mass is 9.79. The Morgan fingerprint density at radius 1 is 0.689 bits per heavy atom. The monoisotopic (exact) mass is 793 g/mol. The Balaban J connectivity index is 1.03. The SMILES string of the molecule is C1=CC2=C(CC1)N(c1ccccc1)c1ccc(-c3cccc4c5c(n(-c6cccc(C7N=C(c8ccccc8)NC(c8ccccc8)N7)c6)c34)=CCC3CCCCC=53)cc1O2. The van der Waals surface area contributed by atoms with E-state index < -0.39 is 0 Å². The van der Waals surface area contributed by atoms with Crippen LogP contribution in [-0.4, -0.2) is 10.4 Å². The standard InChI is InChI=1S/C55H47N5O/c1-4-17-37(18-5-1)53-56-54(38-19-6-2-7-20-38)58-55(57-53)40-21-14-24-42(34-40)60-48-33-30-36-16-10-11-25-43(36)51(48)45-27-15-26-44(52(45)60)39-31-32-47-50(35-39)61-49-29-13-12-28-46(49)59(47)41-22-8-3-9-23-41/h1-9,13-15,17-24,26-27,29,31-36,53,55,57H,10-12,16,25,28,30H2,(H,56,58). The number of nitrogens with one attached hydrogen (secondary N) is 2. The summed E-state index contributed by atoms with van der Waals surface area (Å²) in [5, 5.41) is 11.6. The van der Waals surface area contributed by atoms with Gasteiger partial charge in [-0.2, -0.15) is 0 Å². The number of fused-ring (bicyclic) bond motifs is 5. The van der Waals surface area contributed by atoms with Crippen molar-refractivity contribution in [1.29, 1.82) is 0 Å². The molecule has 6 aromatic carbocycles. The molecule has 3 heterocycles. The molecule has 61 heavy (non-hydrogen) atoms. The molecule has 1 saturated carbocycles. The number of nitrogens with zero attached hydrogens (tertiary/aromatic N) is 3. The van der Waals surface area contributed by atoms with Gasteiger partial charge in [-0.05, 0) is 104 Å². The molecule has 2 aliphatic heterocycles. The Morgan fingerprint density at radius 2 is 1.48 bits per heavy atom. The fourth-order valence-corrected chi connectivity index (χ4v) is 10.5. The third-order valence-electron chi connectivity index (χ3n) is 13.3. The van der Waals surface area contributed by atoms with Crippen molar-refractivity contribution in [2.45, 2.75) is 57.3 Å². The average molecular weight is 794 g/mol. The van der Waals surface area contributed by atoms with Gasteiger partial charge in [-0.25, -0.2) is 4.99 Å². The lowest BCUT2D eigenvalue weighted by Crippen LogP contribution is -2.45. The van der Waals surface area contributed by atoms with E-state index in [4.69, 9.17) is 9.73 Å². The third-order valence-corrected chi connectivity index (χ3v) is 13.3. The van der Waals surface area contributed by atoms with E-state index in [2.05, 4.69) is 190 Å². The van der Waals surface area contributed by atoms with Crippen LogP contribution >= 0.6 is 0 Å². The van der Waals surface area contributed by atoms with Gasteiger partial charge in [-0.1, -0.05) is 139 Å². The molecular formula is C55H47N5O. The van der Waals surface area contributed by atoms with E-state index in [-0.39, 0.29) is 12.3 Å². The van der Waals surface area contributed by atoms with E-state index in [1.54, 1.807) is 5.57 Å². The predicted molar refractivity (Wildman–Crippen MR) is 248 cm³/mol. The van der Waals surface area contributed by atoms with E-state index in [9.17, 15) is 0 Å². The molecule has 12 rings (SSSR count). The fraction of sp³-hybridized carbons (Fsp3) is 0.182. The first kappa shape index (κ1) is 36.0. The highest BCUT2D eigenvalue weighted by Gasteiger charge is 2.31. The van der Waals surface area contributed by atoms with Crippen molar-refractivity contribution in [3.63, 3.8) is 0 Å². The number of hydrogen-bond acceptors (Lipinski definition) is 5. The largest absolute Gasteiger partial charge is 0.453 e. The number of rotatable bonds is 6. The summed E-state index contributed by atoms with van der Waals surface area (Å²) in [6, 6.07) is 54.6. The van der Waals surface area contributed by atoms with Crippen LogP contribution in [0.4, 0.5) is 11.4 Å². The number of aliphatic imine (C=N–C) groups is 1. The smallest absolute Gasteiger partial charge is 0.152 e. The second-order valence-electron chi connectivity index (χ2n) is 16.9. The average Bonchev–Trinajstić information content (AvgIpc) is 3.69. The molecule has 0 radical (unpaired) electrons. The van der Waals surface area contributed by atoms with Gasteiger partial charge in [0.25, 0.3) is 0 Å². The molecule has 1 aromatic heterocycles. The van der Waals surface area contributed by atoms with Crippen molar-refractivity contribution in [1.82, 2.24) is 15.2 Å². The number of anilines is 2. The van der Waals surface area contributed by atoms with Gasteiger partial charge in [-0.15, -0.1) is 0 Å². The first-order valence-corrected chi connectivity index (χ1v) is 22.0. The molecule has 7 aromatic rings. The topological polar surface area (TPSA) is 53.8 Å². The summed E-state index contributed by atoms with van der Waals surface area (Å²) in [6.07, 6.45) is 14.6. The number of allylic oxidation sites excluding steroid dienone is 3. The molecule has 6 nitrogen and oxygen atoms in total. The molecule has 1 fully saturated rings. The Bertz CT molecular complexity index is 3050. The van der Waals surface area contributed by atoms with Gasteiger partial charge >= 0.3 is 0 Å².